The molecular formula is C68H109N19O17S2. The summed E-state index contributed by atoms with van der Waals surface area (Å²) in [5, 5.41) is 48.0. The average molecular weight is 1530 g/mol. The number of amides is 13. The molecule has 1 aliphatic heterocycles. The molecule has 0 radical (unpaired) electrons. The van der Waals surface area contributed by atoms with Crippen molar-refractivity contribution in [3.63, 3.8) is 0 Å². The van der Waals surface area contributed by atoms with Crippen molar-refractivity contribution in [2.45, 2.75) is 218 Å². The molecule has 0 unspecified atom stereocenters. The summed E-state index contributed by atoms with van der Waals surface area (Å²) in [6.45, 7) is 16.9. The van der Waals surface area contributed by atoms with Crippen LogP contribution < -0.4 is 81.4 Å². The molecule has 2 aromatic rings. The fourth-order valence-electron chi connectivity index (χ4n) is 11.3. The fourth-order valence-corrected chi connectivity index (χ4v) is 11.7. The number of nitrogens with two attached hydrogens (primary N) is 4. The minimum atomic E-state index is -1.85. The lowest BCUT2D eigenvalue weighted by Crippen LogP contribution is -2.62. The Balaban J connectivity index is 1.88. The number of carboxylic acid groups (broad SMARTS) is 2. The van der Waals surface area contributed by atoms with Gasteiger partial charge < -0.3 is 102 Å². The Kier molecular flexibility index (Phi) is 38.5. The van der Waals surface area contributed by atoms with Crippen molar-refractivity contribution >= 4 is 120 Å². The Morgan fingerprint density at radius 2 is 0.943 bits per heavy atom. The molecule has 0 bridgehead atoms. The number of guanidine groups is 1. The van der Waals surface area contributed by atoms with Crippen LogP contribution in [0.3, 0.4) is 0 Å². The number of hydrogen-bond acceptors (Lipinski definition) is 20. The zero-order valence-electron chi connectivity index (χ0n) is 61.6. The largest absolute Gasteiger partial charge is 0.481 e. The number of carbonyl (C=O) groups is 15. The standard InChI is InChI=1S/C68H109N19O17S2/c1-33(2)22-42(82-65(101)54(37(9)10)86-62(98)45(77-55(91)40(69)30-105)25-38-16-12-11-13-17-38)56(92)80-47(27-51(70)88)59(95)84-49(31-106)63(99)79-46(26-39-29-73-32-75-39)58(94)78-44(24-35(5)6)61(97)85-53(36(7)8)64(100)83-43(23-34(3)4)57(93)81-48(28-52(89)90)60(96)76-41(18-14-20-74-68(71)72)66(102)87-21-15-19-50(87)67(103)104/h11-13,16-17,29,32-37,40-50,53-54,105-106H,14-15,18-28,30-31,69H2,1-10H3,(H2,70,88)(H,73,75)(H,76,96)(H,77,91)(H,78,94)(H,79,99)(H,80,92)(H,81,93)(H,82,101)(H,83,100)(H,84,95)(H,85,97)(H,86,98)(H,89,90)(H,103,104)(H4,71,72,74)/t40-,41-,42-,43-,44-,45-,46-,47-,48-,49-,50-,53-,54-/m0/s1. The monoisotopic (exact) mass is 1530 g/mol. The lowest BCUT2D eigenvalue weighted by molar-refractivity contribution is -0.149. The quantitative estimate of drug-likeness (QED) is 0.0133. The Morgan fingerprint density at radius 1 is 0.528 bits per heavy atom. The first-order valence-corrected chi connectivity index (χ1v) is 36.4. The number of H-pyrrole nitrogens is 1. The van der Waals surface area contributed by atoms with Crippen LogP contribution in [0.15, 0.2) is 47.8 Å². The maximum atomic E-state index is 14.6. The molecule has 36 nitrogen and oxygen atoms in total. The Hall–Kier alpha value is -9.59. The van der Waals surface area contributed by atoms with Crippen LogP contribution in [0.5, 0.6) is 0 Å². The van der Waals surface area contributed by atoms with Gasteiger partial charge in [0, 0.05) is 49.3 Å². The third-order valence-corrected chi connectivity index (χ3v) is 17.6. The number of likely N-dealkylation sites (tertiary alicyclic amines) is 1. The number of benzene rings is 1. The number of carbonyl (C=O) groups excluding carboxylic acids is 13. The summed E-state index contributed by atoms with van der Waals surface area (Å²) in [5.41, 5.74) is 23.4. The van der Waals surface area contributed by atoms with Gasteiger partial charge in [0.05, 0.1) is 25.2 Å². The van der Waals surface area contributed by atoms with Crippen molar-refractivity contribution in [3.05, 3.63) is 54.1 Å². The summed E-state index contributed by atoms with van der Waals surface area (Å²) in [5.74, 6) is -17.8. The second-order valence-corrected chi connectivity index (χ2v) is 28.8. The van der Waals surface area contributed by atoms with Crippen LogP contribution in [-0.2, 0) is 84.8 Å². The van der Waals surface area contributed by atoms with Crippen LogP contribution in [0, 0.1) is 29.6 Å². The number of rotatable bonds is 46. The van der Waals surface area contributed by atoms with Crippen LogP contribution in [0.4, 0.5) is 0 Å². The number of nitrogens with one attached hydrogen (secondary N) is 12. The van der Waals surface area contributed by atoms with E-state index in [-0.39, 0.29) is 93.9 Å². The van der Waals surface area contributed by atoms with Crippen LogP contribution in [-0.4, -0.2) is 223 Å². The summed E-state index contributed by atoms with van der Waals surface area (Å²) in [4.78, 5) is 218. The highest BCUT2D eigenvalue weighted by molar-refractivity contribution is 7.80. The summed E-state index contributed by atoms with van der Waals surface area (Å²) in [6.07, 6.45) is 0.862. The summed E-state index contributed by atoms with van der Waals surface area (Å²) in [6, 6.07) is -9.94. The number of imidazole rings is 1. The highest BCUT2D eigenvalue weighted by atomic mass is 32.1. The smallest absolute Gasteiger partial charge is 0.326 e. The van der Waals surface area contributed by atoms with Gasteiger partial charge in [-0.3, -0.25) is 72.1 Å². The summed E-state index contributed by atoms with van der Waals surface area (Å²) >= 11 is 8.39. The van der Waals surface area contributed by atoms with Crippen molar-refractivity contribution in [1.29, 1.82) is 0 Å². The molecule has 0 saturated carbocycles. The Labute approximate surface area is 627 Å². The van der Waals surface area contributed by atoms with Gasteiger partial charge in [-0.1, -0.05) is 99.6 Å². The molecule has 0 aliphatic carbocycles. The second-order valence-electron chi connectivity index (χ2n) is 28.1. The lowest BCUT2D eigenvalue weighted by Gasteiger charge is -2.30. The SMILES string of the molecule is CC(C)C[C@H](NC(=O)[C@H](Cc1cnc[nH]1)NC(=O)[C@H](CS)NC(=O)[C@H](CC(N)=O)NC(=O)[C@H](CC(C)C)NC(=O)[C@@H](NC(=O)[C@H](Cc1ccccc1)NC(=O)[C@@H](N)CS)C(C)C)C(=O)N[C@H](C(=O)N[C@@H](CC(C)C)C(=O)N[C@@H](CC(=O)O)C(=O)N[C@@H](CCCN=C(N)N)C(=O)N1CCC[C@H]1C(=O)O)C(C)C. The number of aromatic amines is 1. The first-order valence-electron chi connectivity index (χ1n) is 35.2. The van der Waals surface area contributed by atoms with Gasteiger partial charge in [0.2, 0.25) is 76.8 Å². The third-order valence-electron chi connectivity index (χ3n) is 16.8. The molecule has 1 aromatic carbocycles. The van der Waals surface area contributed by atoms with Crippen LogP contribution >= 0.6 is 25.3 Å². The van der Waals surface area contributed by atoms with Gasteiger partial charge in [0.15, 0.2) is 5.96 Å². The summed E-state index contributed by atoms with van der Waals surface area (Å²) < 4.78 is 0. The molecule has 1 aliphatic rings. The second kappa shape index (κ2) is 45.0. The number of aliphatic imine (C=N–C) groups is 1. The predicted molar refractivity (Wildman–Crippen MR) is 396 cm³/mol. The van der Waals surface area contributed by atoms with E-state index < -0.39 is 198 Å². The van der Waals surface area contributed by atoms with E-state index in [0.717, 1.165) is 4.90 Å². The zero-order chi connectivity index (χ0) is 79.8. The van der Waals surface area contributed by atoms with E-state index >= 15 is 0 Å². The molecule has 106 heavy (non-hydrogen) atoms. The minimum absolute atomic E-state index is 0.00718. The molecule has 38 heteroatoms. The number of primary amides is 1. The van der Waals surface area contributed by atoms with Crippen molar-refractivity contribution in [2.24, 2.45) is 57.5 Å². The molecule has 22 N–H and O–H groups in total. The maximum absolute atomic E-state index is 14.6. The molecule has 3 rings (SSSR count). The number of aliphatic carboxylic acids is 2. The van der Waals surface area contributed by atoms with Gasteiger partial charge in [0.1, 0.15) is 72.5 Å². The number of thiol groups is 2. The molecule has 0 spiro atoms. The van der Waals surface area contributed by atoms with Gasteiger partial charge in [-0.05, 0) is 80.1 Å². The molecule has 1 saturated heterocycles. The van der Waals surface area contributed by atoms with Crippen molar-refractivity contribution in [1.82, 2.24) is 73.4 Å². The van der Waals surface area contributed by atoms with Crippen LogP contribution in [0.2, 0.25) is 0 Å². The third kappa shape index (κ3) is 31.2. The van der Waals surface area contributed by atoms with E-state index in [2.05, 4.69) is 98.7 Å². The van der Waals surface area contributed by atoms with Gasteiger partial charge in [0.25, 0.3) is 0 Å². The first kappa shape index (κ1) is 90.6. The molecule has 590 valence electrons. The summed E-state index contributed by atoms with van der Waals surface area (Å²) in [7, 11) is 0. The first-order chi connectivity index (χ1) is 49.8. The Bertz CT molecular complexity index is 3360. The highest BCUT2D eigenvalue weighted by Crippen LogP contribution is 2.21. The normalized spacial score (nSPS) is 16.2. The number of carboxylic acids is 2. The topological polar surface area (TPSA) is 577 Å². The predicted octanol–water partition coefficient (Wildman–Crippen LogP) is -3.36. The van der Waals surface area contributed by atoms with Crippen molar-refractivity contribution in [2.75, 3.05) is 24.6 Å². The van der Waals surface area contributed by atoms with Crippen LogP contribution in [0.1, 0.15) is 138 Å². The molecule has 1 aromatic heterocycles. The molecule has 2 heterocycles. The lowest BCUT2D eigenvalue weighted by atomic mass is 9.98. The zero-order valence-corrected chi connectivity index (χ0v) is 63.4. The minimum Gasteiger partial charge on any atom is -0.481 e. The molecular weight excluding hydrogens is 1420 g/mol. The van der Waals surface area contributed by atoms with E-state index in [1.54, 1.807) is 99.6 Å². The number of hydrogen-bond donors (Lipinski definition) is 20. The van der Waals surface area contributed by atoms with Crippen molar-refractivity contribution < 1.29 is 82.1 Å². The maximum Gasteiger partial charge on any atom is 0.326 e. The molecule has 13 atom stereocenters. The average Bonchev–Trinajstić information content (AvgIpc) is 1.60. The van der Waals surface area contributed by atoms with Gasteiger partial charge >= 0.3 is 11.9 Å². The van der Waals surface area contributed by atoms with Gasteiger partial charge in [-0.25, -0.2) is 9.78 Å². The van der Waals surface area contributed by atoms with E-state index in [9.17, 15) is 82.1 Å². The molecule has 1 fully saturated rings. The fraction of sp³-hybridized carbons (Fsp3) is 0.632. The number of nitrogens with zero attached hydrogens (tertiary/aromatic N) is 3. The molecule has 13 amide bonds. The van der Waals surface area contributed by atoms with Gasteiger partial charge in [-0.2, -0.15) is 25.3 Å². The highest BCUT2D eigenvalue weighted by Gasteiger charge is 2.41. The Morgan fingerprint density at radius 3 is 1.39 bits per heavy atom. The van der Waals surface area contributed by atoms with Gasteiger partial charge in [-0.15, -0.1) is 0 Å². The number of aromatic nitrogens is 2. The van der Waals surface area contributed by atoms with E-state index in [4.69, 9.17) is 22.9 Å². The van der Waals surface area contributed by atoms with Crippen LogP contribution in [0.25, 0.3) is 0 Å². The van der Waals surface area contributed by atoms with E-state index in [0.29, 0.717) is 17.7 Å². The van der Waals surface area contributed by atoms with E-state index in [1.807, 2.05) is 0 Å². The van der Waals surface area contributed by atoms with Crippen molar-refractivity contribution in [3.8, 4) is 0 Å². The van der Waals surface area contributed by atoms with E-state index in [1.165, 1.54) is 12.5 Å².